The third-order valence-electron chi connectivity index (χ3n) is 3.87. The first-order chi connectivity index (χ1) is 13.0. The largest absolute Gasteiger partial charge is 0.280 e. The summed E-state index contributed by atoms with van der Waals surface area (Å²) in [6, 6.07) is 18.0. The van der Waals surface area contributed by atoms with Gasteiger partial charge in [-0.3, -0.25) is 4.72 Å². The Morgan fingerprint density at radius 2 is 1.32 bits per heavy atom. The van der Waals surface area contributed by atoms with E-state index in [1.165, 1.54) is 30.3 Å². The molecule has 8 heteroatoms. The van der Waals surface area contributed by atoms with Crippen LogP contribution in [0.3, 0.4) is 0 Å². The van der Waals surface area contributed by atoms with Gasteiger partial charge in [-0.25, -0.2) is 21.6 Å². The number of fused-ring (bicyclic) bond motifs is 1. The zero-order valence-corrected chi connectivity index (χ0v) is 17.4. The van der Waals surface area contributed by atoms with Crippen LogP contribution in [0.2, 0.25) is 0 Å². The smallest absolute Gasteiger partial charge is 0.261 e. The number of benzene rings is 3. The molecule has 2 N–H and O–H groups in total. The fourth-order valence-electron chi connectivity index (χ4n) is 2.74. The van der Waals surface area contributed by atoms with E-state index in [4.69, 9.17) is 0 Å². The molecular formula is C20H22N2O4S2. The van der Waals surface area contributed by atoms with Crippen molar-refractivity contribution in [3.63, 3.8) is 0 Å². The number of anilines is 1. The minimum atomic E-state index is -3.87. The lowest BCUT2D eigenvalue weighted by atomic mass is 10.1. The molecule has 3 aromatic rings. The summed E-state index contributed by atoms with van der Waals surface area (Å²) < 4.78 is 55.5. The van der Waals surface area contributed by atoms with Crippen molar-refractivity contribution in [1.29, 1.82) is 0 Å². The first-order valence-electron chi connectivity index (χ1n) is 8.62. The Labute approximate surface area is 165 Å². The van der Waals surface area contributed by atoms with E-state index in [2.05, 4.69) is 9.44 Å². The minimum absolute atomic E-state index is 0.0128. The minimum Gasteiger partial charge on any atom is -0.280 e. The van der Waals surface area contributed by atoms with Gasteiger partial charge < -0.3 is 0 Å². The Hall–Kier alpha value is -2.42. The molecule has 3 aromatic carbocycles. The summed E-state index contributed by atoms with van der Waals surface area (Å²) in [5.74, 6) is 0. The van der Waals surface area contributed by atoms with E-state index in [0.29, 0.717) is 0 Å². The van der Waals surface area contributed by atoms with Gasteiger partial charge in [0.25, 0.3) is 10.0 Å². The van der Waals surface area contributed by atoms with Crippen molar-refractivity contribution >= 4 is 36.5 Å². The molecule has 0 fully saturated rings. The molecule has 0 spiro atoms. The molecule has 3 rings (SSSR count). The maximum absolute atomic E-state index is 12.8. The van der Waals surface area contributed by atoms with Crippen LogP contribution in [0.15, 0.2) is 76.5 Å². The lowest BCUT2D eigenvalue weighted by Gasteiger charge is -2.20. The fourth-order valence-corrected chi connectivity index (χ4v) is 5.29. The third-order valence-corrected chi connectivity index (χ3v) is 7.00. The van der Waals surface area contributed by atoms with Crippen LogP contribution in [0.25, 0.3) is 10.8 Å². The second kappa shape index (κ2) is 7.20. The van der Waals surface area contributed by atoms with Crippen molar-refractivity contribution in [1.82, 2.24) is 4.72 Å². The predicted octanol–water partition coefficient (Wildman–Crippen LogP) is 3.72. The van der Waals surface area contributed by atoms with Gasteiger partial charge in [-0.15, -0.1) is 0 Å². The first-order valence-corrected chi connectivity index (χ1v) is 11.6. The van der Waals surface area contributed by atoms with Gasteiger partial charge in [0.2, 0.25) is 10.0 Å². The molecule has 0 atom stereocenters. The Balaban J connectivity index is 1.92. The molecule has 0 aliphatic heterocycles. The van der Waals surface area contributed by atoms with Crippen LogP contribution in [-0.4, -0.2) is 22.4 Å². The normalized spacial score (nSPS) is 12.8. The second-order valence-corrected chi connectivity index (χ2v) is 10.9. The van der Waals surface area contributed by atoms with Crippen molar-refractivity contribution < 1.29 is 16.8 Å². The number of hydrogen-bond acceptors (Lipinski definition) is 4. The van der Waals surface area contributed by atoms with E-state index in [9.17, 15) is 16.8 Å². The SMILES string of the molecule is CC(C)(C)NS(=O)(=O)c1cccc(NS(=O)(=O)c2ccc3ccccc3c2)c1. The molecule has 0 aliphatic carbocycles. The summed E-state index contributed by atoms with van der Waals surface area (Å²) >= 11 is 0. The highest BCUT2D eigenvalue weighted by Crippen LogP contribution is 2.23. The average Bonchev–Trinajstić information content (AvgIpc) is 2.59. The Kier molecular flexibility index (Phi) is 5.22. The van der Waals surface area contributed by atoms with Gasteiger partial charge in [0.1, 0.15) is 0 Å². The van der Waals surface area contributed by atoms with E-state index in [1.54, 1.807) is 32.9 Å². The van der Waals surface area contributed by atoms with E-state index < -0.39 is 25.6 Å². The van der Waals surface area contributed by atoms with Gasteiger partial charge in [-0.2, -0.15) is 0 Å². The summed E-state index contributed by atoms with van der Waals surface area (Å²) in [6.07, 6.45) is 0. The molecule has 0 unspecified atom stereocenters. The molecule has 148 valence electrons. The van der Waals surface area contributed by atoms with Crippen LogP contribution in [-0.2, 0) is 20.0 Å². The summed E-state index contributed by atoms with van der Waals surface area (Å²) in [5, 5.41) is 1.74. The van der Waals surface area contributed by atoms with E-state index in [-0.39, 0.29) is 15.5 Å². The van der Waals surface area contributed by atoms with Crippen molar-refractivity contribution in [2.45, 2.75) is 36.1 Å². The average molecular weight is 419 g/mol. The monoisotopic (exact) mass is 418 g/mol. The summed E-state index contributed by atoms with van der Waals surface area (Å²) in [6.45, 7) is 5.20. The molecule has 0 heterocycles. The number of sulfonamides is 2. The zero-order valence-electron chi connectivity index (χ0n) is 15.8. The van der Waals surface area contributed by atoms with E-state index in [1.807, 2.05) is 24.3 Å². The van der Waals surface area contributed by atoms with Gasteiger partial charge in [-0.1, -0.05) is 36.4 Å². The molecule has 6 nitrogen and oxygen atoms in total. The third kappa shape index (κ3) is 4.70. The highest BCUT2D eigenvalue weighted by atomic mass is 32.2. The van der Waals surface area contributed by atoms with Gasteiger partial charge >= 0.3 is 0 Å². The van der Waals surface area contributed by atoms with Gasteiger partial charge in [0, 0.05) is 5.54 Å². The standard InChI is InChI=1S/C20H22N2O4S2/c1-20(2,3)22-28(25,26)18-10-6-9-17(14-18)21-27(23,24)19-12-11-15-7-4-5-8-16(15)13-19/h4-14,21-22H,1-3H3. The van der Waals surface area contributed by atoms with Crippen LogP contribution in [0.5, 0.6) is 0 Å². The quantitative estimate of drug-likeness (QED) is 0.660. The lowest BCUT2D eigenvalue weighted by molar-refractivity contribution is 0.491. The molecule has 0 saturated carbocycles. The Bertz CT molecular complexity index is 1230. The highest BCUT2D eigenvalue weighted by Gasteiger charge is 2.23. The second-order valence-electron chi connectivity index (χ2n) is 7.50. The maximum atomic E-state index is 12.8. The van der Waals surface area contributed by atoms with Gasteiger partial charge in [0.15, 0.2) is 0 Å². The maximum Gasteiger partial charge on any atom is 0.261 e. The molecule has 0 bridgehead atoms. The van der Waals surface area contributed by atoms with Crippen molar-refractivity contribution in [2.75, 3.05) is 4.72 Å². The summed E-state index contributed by atoms with van der Waals surface area (Å²) in [4.78, 5) is 0.0911. The Morgan fingerprint density at radius 1 is 0.679 bits per heavy atom. The highest BCUT2D eigenvalue weighted by molar-refractivity contribution is 7.92. The molecule has 0 saturated heterocycles. The molecular weight excluding hydrogens is 396 g/mol. The van der Waals surface area contributed by atoms with Crippen LogP contribution in [0, 0.1) is 0 Å². The molecule has 0 aliphatic rings. The van der Waals surface area contributed by atoms with Crippen molar-refractivity contribution in [2.24, 2.45) is 0 Å². The molecule has 0 aromatic heterocycles. The molecule has 28 heavy (non-hydrogen) atoms. The first kappa shape index (κ1) is 20.3. The van der Waals surface area contributed by atoms with E-state index >= 15 is 0 Å². The molecule has 0 radical (unpaired) electrons. The van der Waals surface area contributed by atoms with Crippen LogP contribution in [0.1, 0.15) is 20.8 Å². The molecule has 0 amide bonds. The van der Waals surface area contributed by atoms with Crippen LogP contribution < -0.4 is 9.44 Å². The summed E-state index contributed by atoms with van der Waals surface area (Å²) in [7, 11) is -7.64. The van der Waals surface area contributed by atoms with Gasteiger partial charge in [0.05, 0.1) is 15.5 Å². The fraction of sp³-hybridized carbons (Fsp3) is 0.200. The van der Waals surface area contributed by atoms with Crippen molar-refractivity contribution in [3.05, 3.63) is 66.7 Å². The topological polar surface area (TPSA) is 92.3 Å². The number of hydrogen-bond donors (Lipinski definition) is 2. The predicted molar refractivity (Wildman–Crippen MR) is 111 cm³/mol. The van der Waals surface area contributed by atoms with Crippen molar-refractivity contribution in [3.8, 4) is 0 Å². The lowest BCUT2D eigenvalue weighted by Crippen LogP contribution is -2.40. The number of nitrogens with one attached hydrogen (secondary N) is 2. The Morgan fingerprint density at radius 3 is 2.00 bits per heavy atom. The van der Waals surface area contributed by atoms with Crippen LogP contribution >= 0.6 is 0 Å². The van der Waals surface area contributed by atoms with E-state index in [0.717, 1.165) is 10.8 Å². The van der Waals surface area contributed by atoms with Crippen LogP contribution in [0.4, 0.5) is 5.69 Å². The van der Waals surface area contributed by atoms with Gasteiger partial charge in [-0.05, 0) is 61.9 Å². The zero-order chi connectivity index (χ0) is 20.6. The summed E-state index contributed by atoms with van der Waals surface area (Å²) in [5.41, 5.74) is -0.482. The number of rotatable bonds is 5.